The lowest BCUT2D eigenvalue weighted by molar-refractivity contribution is 0.123. The van der Waals surface area contributed by atoms with Crippen LogP contribution in [-0.4, -0.2) is 15.6 Å². The molecule has 1 aromatic heterocycles. The van der Waals surface area contributed by atoms with Gasteiger partial charge in [0.25, 0.3) is 0 Å². The maximum absolute atomic E-state index is 5.53. The van der Waals surface area contributed by atoms with Crippen LogP contribution in [0, 0.1) is 6.92 Å². The average Bonchev–Trinajstić information content (AvgIpc) is 1.82. The Balaban J connectivity index is 2.77. The lowest BCUT2D eigenvalue weighted by Gasteiger charge is -2.19. The lowest BCUT2D eigenvalue weighted by atomic mass is 10.2. The zero-order valence-corrected chi connectivity index (χ0v) is 7.96. The Labute approximate surface area is 72.8 Å². The minimum absolute atomic E-state index is 0.194. The van der Waals surface area contributed by atoms with Gasteiger partial charge in [0.05, 0.1) is 0 Å². The topological polar surface area (TPSA) is 35.0 Å². The highest BCUT2D eigenvalue weighted by molar-refractivity contribution is 5.08. The van der Waals surface area contributed by atoms with Crippen molar-refractivity contribution in [3.05, 3.63) is 18.1 Å². The monoisotopic (exact) mass is 166 g/mol. The predicted octanol–water partition coefficient (Wildman–Crippen LogP) is 1.96. The fourth-order valence-electron chi connectivity index (χ4n) is 0.805. The summed E-state index contributed by atoms with van der Waals surface area (Å²) < 4.78 is 5.53. The molecule has 1 rings (SSSR count). The second-order valence-electron chi connectivity index (χ2n) is 3.66. The van der Waals surface area contributed by atoms with Crippen molar-refractivity contribution in [2.24, 2.45) is 0 Å². The molecule has 0 amide bonds. The van der Waals surface area contributed by atoms with Crippen LogP contribution in [0.2, 0.25) is 0 Å². The van der Waals surface area contributed by atoms with E-state index in [1.165, 1.54) is 0 Å². The van der Waals surface area contributed by atoms with Crippen LogP contribution in [0.1, 0.15) is 26.6 Å². The average molecular weight is 166 g/mol. The number of aryl methyl sites for hydroxylation is 1. The molecular formula is C9H14N2O. The van der Waals surface area contributed by atoms with Crippen LogP contribution in [0.5, 0.6) is 5.88 Å². The Kier molecular flexibility index (Phi) is 2.31. The second kappa shape index (κ2) is 3.09. The molecule has 0 bridgehead atoms. The van der Waals surface area contributed by atoms with Crippen LogP contribution in [0.3, 0.4) is 0 Å². The van der Waals surface area contributed by atoms with E-state index >= 15 is 0 Å². The molecule has 66 valence electrons. The lowest BCUT2D eigenvalue weighted by Crippen LogP contribution is -2.23. The number of hydrogen-bond donors (Lipinski definition) is 0. The first-order valence-corrected chi connectivity index (χ1v) is 3.96. The van der Waals surface area contributed by atoms with Gasteiger partial charge in [-0.15, -0.1) is 0 Å². The van der Waals surface area contributed by atoms with Crippen molar-refractivity contribution in [2.45, 2.75) is 33.3 Å². The first-order chi connectivity index (χ1) is 5.47. The van der Waals surface area contributed by atoms with E-state index in [1.54, 1.807) is 12.3 Å². The molecule has 0 aliphatic rings. The number of aromatic nitrogens is 2. The molecule has 12 heavy (non-hydrogen) atoms. The summed E-state index contributed by atoms with van der Waals surface area (Å²) in [6, 6.07) is 1.76. The number of nitrogens with zero attached hydrogens (tertiary/aromatic N) is 2. The van der Waals surface area contributed by atoms with E-state index in [0.717, 1.165) is 5.82 Å². The number of ether oxygens (including phenoxy) is 1. The summed E-state index contributed by atoms with van der Waals surface area (Å²) in [5.41, 5.74) is -0.194. The maximum Gasteiger partial charge on any atom is 0.217 e. The Morgan fingerprint density at radius 3 is 2.50 bits per heavy atom. The smallest absolute Gasteiger partial charge is 0.217 e. The zero-order valence-electron chi connectivity index (χ0n) is 7.96. The molecule has 3 heteroatoms. The Morgan fingerprint density at radius 1 is 1.33 bits per heavy atom. The Bertz CT molecular complexity index is 265. The fourth-order valence-corrected chi connectivity index (χ4v) is 0.805. The summed E-state index contributed by atoms with van der Waals surface area (Å²) in [6.45, 7) is 7.81. The van der Waals surface area contributed by atoms with Crippen LogP contribution in [0.4, 0.5) is 0 Å². The molecule has 0 aliphatic carbocycles. The normalized spacial score (nSPS) is 11.3. The molecule has 0 saturated heterocycles. The molecule has 0 radical (unpaired) electrons. The van der Waals surface area contributed by atoms with Gasteiger partial charge in [-0.1, -0.05) is 0 Å². The van der Waals surface area contributed by atoms with E-state index in [2.05, 4.69) is 9.97 Å². The minimum Gasteiger partial charge on any atom is -0.472 e. The standard InChI is InChI=1S/C9H14N2O/c1-7-10-6-5-8(11-7)12-9(2,3)4/h5-6H,1-4H3. The second-order valence-corrected chi connectivity index (χ2v) is 3.66. The summed E-state index contributed by atoms with van der Waals surface area (Å²) in [7, 11) is 0. The van der Waals surface area contributed by atoms with Gasteiger partial charge in [-0.25, -0.2) is 4.98 Å². The van der Waals surface area contributed by atoms with Gasteiger partial charge in [0.1, 0.15) is 11.4 Å². The molecule has 0 unspecified atom stereocenters. The van der Waals surface area contributed by atoms with Crippen LogP contribution in [-0.2, 0) is 0 Å². The predicted molar refractivity (Wildman–Crippen MR) is 47.2 cm³/mol. The molecule has 0 fully saturated rings. The third-order valence-corrected chi connectivity index (χ3v) is 1.16. The fraction of sp³-hybridized carbons (Fsp3) is 0.556. The van der Waals surface area contributed by atoms with Gasteiger partial charge >= 0.3 is 0 Å². The van der Waals surface area contributed by atoms with Crippen molar-refractivity contribution in [2.75, 3.05) is 0 Å². The molecule has 0 N–H and O–H groups in total. The molecule has 0 saturated carbocycles. The summed E-state index contributed by atoms with van der Waals surface area (Å²) in [6.07, 6.45) is 1.70. The van der Waals surface area contributed by atoms with Gasteiger partial charge in [0.15, 0.2) is 0 Å². The van der Waals surface area contributed by atoms with Crippen LogP contribution in [0.25, 0.3) is 0 Å². The van der Waals surface area contributed by atoms with Gasteiger partial charge in [0, 0.05) is 12.3 Å². The third-order valence-electron chi connectivity index (χ3n) is 1.16. The SMILES string of the molecule is Cc1nccc(OC(C)(C)C)n1. The molecule has 0 spiro atoms. The molecule has 0 aliphatic heterocycles. The first kappa shape index (κ1) is 8.97. The van der Waals surface area contributed by atoms with Crippen molar-refractivity contribution in [3.8, 4) is 5.88 Å². The van der Waals surface area contributed by atoms with Gasteiger partial charge < -0.3 is 4.74 Å². The van der Waals surface area contributed by atoms with E-state index in [9.17, 15) is 0 Å². The van der Waals surface area contributed by atoms with E-state index in [1.807, 2.05) is 27.7 Å². The largest absolute Gasteiger partial charge is 0.472 e. The van der Waals surface area contributed by atoms with Gasteiger partial charge in [-0.2, -0.15) is 4.98 Å². The van der Waals surface area contributed by atoms with E-state index in [4.69, 9.17) is 4.74 Å². The van der Waals surface area contributed by atoms with Crippen molar-refractivity contribution in [1.29, 1.82) is 0 Å². The van der Waals surface area contributed by atoms with Gasteiger partial charge in [0.2, 0.25) is 5.88 Å². The van der Waals surface area contributed by atoms with E-state index < -0.39 is 0 Å². The highest BCUT2D eigenvalue weighted by Crippen LogP contribution is 2.13. The molecule has 0 aromatic carbocycles. The molecule has 1 heterocycles. The van der Waals surface area contributed by atoms with Crippen LogP contribution in [0.15, 0.2) is 12.3 Å². The number of hydrogen-bond acceptors (Lipinski definition) is 3. The minimum atomic E-state index is -0.194. The first-order valence-electron chi connectivity index (χ1n) is 3.96. The highest BCUT2D eigenvalue weighted by atomic mass is 16.5. The van der Waals surface area contributed by atoms with Crippen LogP contribution < -0.4 is 4.74 Å². The Hall–Kier alpha value is -1.12. The molecule has 3 nitrogen and oxygen atoms in total. The van der Waals surface area contributed by atoms with Crippen LogP contribution >= 0.6 is 0 Å². The summed E-state index contributed by atoms with van der Waals surface area (Å²) in [5.74, 6) is 1.37. The summed E-state index contributed by atoms with van der Waals surface area (Å²) >= 11 is 0. The maximum atomic E-state index is 5.53. The zero-order chi connectivity index (χ0) is 9.19. The van der Waals surface area contributed by atoms with Gasteiger partial charge in [-0.05, 0) is 27.7 Å². The van der Waals surface area contributed by atoms with Crippen molar-refractivity contribution in [1.82, 2.24) is 9.97 Å². The van der Waals surface area contributed by atoms with Crippen molar-refractivity contribution < 1.29 is 4.74 Å². The number of rotatable bonds is 1. The van der Waals surface area contributed by atoms with Gasteiger partial charge in [-0.3, -0.25) is 0 Å². The van der Waals surface area contributed by atoms with E-state index in [-0.39, 0.29) is 5.60 Å². The Morgan fingerprint density at radius 2 is 2.00 bits per heavy atom. The molecule has 0 atom stereocenters. The van der Waals surface area contributed by atoms with Crippen molar-refractivity contribution in [3.63, 3.8) is 0 Å². The summed E-state index contributed by atoms with van der Waals surface area (Å²) in [5, 5.41) is 0. The third kappa shape index (κ3) is 2.86. The quantitative estimate of drug-likeness (QED) is 0.639. The summed E-state index contributed by atoms with van der Waals surface area (Å²) in [4.78, 5) is 8.10. The van der Waals surface area contributed by atoms with Crippen molar-refractivity contribution >= 4 is 0 Å². The molecule has 1 aromatic rings. The highest BCUT2D eigenvalue weighted by Gasteiger charge is 2.12. The van der Waals surface area contributed by atoms with E-state index in [0.29, 0.717) is 5.88 Å². The molecular weight excluding hydrogens is 152 g/mol.